The van der Waals surface area contributed by atoms with Gasteiger partial charge in [0.05, 0.1) is 11.9 Å². The standard InChI is InChI=1S/C12H16N4O2S/c1-3-11-14-7-12(15-11)19(17,18)16-10-6-4-5-9(13)8(10)2/h4-7,16H,3,13H2,1-2H3,(H,14,15). The molecule has 7 heteroatoms. The van der Waals surface area contributed by atoms with Gasteiger partial charge in [0, 0.05) is 12.1 Å². The molecule has 0 aliphatic carbocycles. The van der Waals surface area contributed by atoms with Crippen LogP contribution in [0.15, 0.2) is 29.4 Å². The minimum Gasteiger partial charge on any atom is -0.398 e. The average molecular weight is 280 g/mol. The number of hydrogen-bond donors (Lipinski definition) is 3. The van der Waals surface area contributed by atoms with E-state index < -0.39 is 10.0 Å². The molecular weight excluding hydrogens is 264 g/mol. The van der Waals surface area contributed by atoms with Gasteiger partial charge < -0.3 is 10.7 Å². The highest BCUT2D eigenvalue weighted by molar-refractivity contribution is 7.92. The normalized spacial score (nSPS) is 11.5. The Morgan fingerprint density at radius 3 is 2.79 bits per heavy atom. The van der Waals surface area contributed by atoms with Gasteiger partial charge in [0.1, 0.15) is 5.82 Å². The van der Waals surface area contributed by atoms with Crippen molar-refractivity contribution in [3.05, 3.63) is 35.8 Å². The van der Waals surface area contributed by atoms with Crippen LogP contribution in [0.1, 0.15) is 18.3 Å². The summed E-state index contributed by atoms with van der Waals surface area (Å²) in [6, 6.07) is 5.09. The molecule has 0 aliphatic rings. The number of nitrogens with zero attached hydrogens (tertiary/aromatic N) is 1. The van der Waals surface area contributed by atoms with Crippen molar-refractivity contribution in [2.24, 2.45) is 0 Å². The van der Waals surface area contributed by atoms with Gasteiger partial charge >= 0.3 is 0 Å². The summed E-state index contributed by atoms with van der Waals surface area (Å²) in [4.78, 5) is 6.75. The predicted octanol–water partition coefficient (Wildman–Crippen LogP) is 1.66. The van der Waals surface area contributed by atoms with Gasteiger partial charge in [0.25, 0.3) is 10.0 Å². The molecule has 1 aromatic heterocycles. The Balaban J connectivity index is 2.33. The van der Waals surface area contributed by atoms with Crippen LogP contribution in [0.4, 0.5) is 11.4 Å². The molecule has 0 aliphatic heterocycles. The zero-order chi connectivity index (χ0) is 14.0. The van der Waals surface area contributed by atoms with Gasteiger partial charge in [-0.3, -0.25) is 4.72 Å². The molecular formula is C12H16N4O2S. The van der Waals surface area contributed by atoms with Crippen molar-refractivity contribution in [1.29, 1.82) is 0 Å². The summed E-state index contributed by atoms with van der Waals surface area (Å²) < 4.78 is 26.8. The van der Waals surface area contributed by atoms with Gasteiger partial charge in [-0.2, -0.15) is 8.42 Å². The third kappa shape index (κ3) is 2.70. The van der Waals surface area contributed by atoms with E-state index in [1.165, 1.54) is 6.20 Å². The maximum Gasteiger partial charge on any atom is 0.278 e. The van der Waals surface area contributed by atoms with Crippen molar-refractivity contribution in [1.82, 2.24) is 9.97 Å². The summed E-state index contributed by atoms with van der Waals surface area (Å²) in [7, 11) is -3.67. The second-order valence-electron chi connectivity index (χ2n) is 4.17. The quantitative estimate of drug-likeness (QED) is 0.741. The van der Waals surface area contributed by atoms with Crippen LogP contribution in [0, 0.1) is 6.92 Å². The summed E-state index contributed by atoms with van der Waals surface area (Å²) in [5.74, 6) is 0.629. The molecule has 1 aromatic carbocycles. The van der Waals surface area contributed by atoms with E-state index in [0.717, 1.165) is 0 Å². The van der Waals surface area contributed by atoms with E-state index in [0.29, 0.717) is 29.2 Å². The van der Waals surface area contributed by atoms with Crippen LogP contribution in [-0.2, 0) is 16.4 Å². The number of nitrogen functional groups attached to an aromatic ring is 1. The Bertz CT molecular complexity index is 692. The molecule has 0 saturated heterocycles. The molecule has 6 nitrogen and oxygen atoms in total. The van der Waals surface area contributed by atoms with E-state index >= 15 is 0 Å². The number of H-pyrrole nitrogens is 1. The van der Waals surface area contributed by atoms with Gasteiger partial charge in [-0.25, -0.2) is 4.98 Å². The van der Waals surface area contributed by atoms with Gasteiger partial charge in [-0.05, 0) is 24.6 Å². The van der Waals surface area contributed by atoms with Crippen molar-refractivity contribution in [3.63, 3.8) is 0 Å². The summed E-state index contributed by atoms with van der Waals surface area (Å²) in [5.41, 5.74) is 7.45. The van der Waals surface area contributed by atoms with Crippen LogP contribution in [0.25, 0.3) is 0 Å². The Morgan fingerprint density at radius 2 is 2.16 bits per heavy atom. The number of benzene rings is 1. The van der Waals surface area contributed by atoms with Crippen molar-refractivity contribution >= 4 is 21.4 Å². The summed E-state index contributed by atoms with van der Waals surface area (Å²) in [6.07, 6.45) is 1.95. The third-order valence-corrected chi connectivity index (χ3v) is 4.12. The lowest BCUT2D eigenvalue weighted by Gasteiger charge is -2.10. The van der Waals surface area contributed by atoms with Crippen molar-refractivity contribution in [2.75, 3.05) is 10.5 Å². The van der Waals surface area contributed by atoms with Gasteiger partial charge in [-0.1, -0.05) is 13.0 Å². The number of anilines is 2. The molecule has 1 heterocycles. The highest BCUT2D eigenvalue weighted by Gasteiger charge is 2.18. The fraction of sp³-hybridized carbons (Fsp3) is 0.250. The monoisotopic (exact) mass is 280 g/mol. The van der Waals surface area contributed by atoms with E-state index in [2.05, 4.69) is 14.7 Å². The number of hydrogen-bond acceptors (Lipinski definition) is 4. The Hall–Kier alpha value is -2.02. The summed E-state index contributed by atoms with van der Waals surface area (Å²) in [6.45, 7) is 3.66. The number of imidazole rings is 1. The lowest BCUT2D eigenvalue weighted by atomic mass is 10.2. The minimum absolute atomic E-state index is 0.0474. The second-order valence-corrected chi connectivity index (χ2v) is 5.82. The number of nitrogens with two attached hydrogens (primary N) is 1. The highest BCUT2D eigenvalue weighted by Crippen LogP contribution is 2.23. The fourth-order valence-electron chi connectivity index (χ4n) is 1.62. The molecule has 102 valence electrons. The number of nitrogens with one attached hydrogen (secondary N) is 2. The minimum atomic E-state index is -3.67. The summed E-state index contributed by atoms with van der Waals surface area (Å²) in [5, 5.41) is 0.0474. The maximum atomic E-state index is 12.2. The van der Waals surface area contributed by atoms with Crippen molar-refractivity contribution < 1.29 is 8.42 Å². The Morgan fingerprint density at radius 1 is 1.42 bits per heavy atom. The Labute approximate surface area is 112 Å². The van der Waals surface area contributed by atoms with Crippen molar-refractivity contribution in [2.45, 2.75) is 25.3 Å². The number of aryl methyl sites for hydroxylation is 1. The zero-order valence-electron chi connectivity index (χ0n) is 10.8. The van der Waals surface area contributed by atoms with Crippen LogP contribution in [0.5, 0.6) is 0 Å². The molecule has 0 spiro atoms. The SMILES string of the molecule is CCc1ncc(S(=O)(=O)Nc2cccc(N)c2C)[nH]1. The van der Waals surface area contributed by atoms with Gasteiger partial charge in [0.2, 0.25) is 0 Å². The first-order chi connectivity index (χ1) is 8.94. The number of sulfonamides is 1. The molecule has 19 heavy (non-hydrogen) atoms. The molecule has 0 saturated carbocycles. The lowest BCUT2D eigenvalue weighted by molar-refractivity contribution is 0.598. The molecule has 2 rings (SSSR count). The van der Waals surface area contributed by atoms with Gasteiger partial charge in [0.15, 0.2) is 5.03 Å². The maximum absolute atomic E-state index is 12.2. The average Bonchev–Trinajstić information content (AvgIpc) is 2.84. The van der Waals surface area contributed by atoms with E-state index in [4.69, 9.17) is 5.73 Å². The Kier molecular flexibility index (Phi) is 3.48. The lowest BCUT2D eigenvalue weighted by Crippen LogP contribution is -2.14. The summed E-state index contributed by atoms with van der Waals surface area (Å²) >= 11 is 0. The molecule has 0 atom stereocenters. The van der Waals surface area contributed by atoms with Crippen molar-refractivity contribution in [3.8, 4) is 0 Å². The first-order valence-corrected chi connectivity index (χ1v) is 7.34. The van der Waals surface area contributed by atoms with Gasteiger partial charge in [-0.15, -0.1) is 0 Å². The number of aromatic nitrogens is 2. The zero-order valence-corrected chi connectivity index (χ0v) is 11.6. The first kappa shape index (κ1) is 13.4. The topological polar surface area (TPSA) is 101 Å². The third-order valence-electron chi connectivity index (χ3n) is 2.85. The molecule has 0 amide bonds. The molecule has 0 fully saturated rings. The predicted molar refractivity (Wildman–Crippen MR) is 74.4 cm³/mol. The molecule has 4 N–H and O–H groups in total. The van der Waals surface area contributed by atoms with Crippen LogP contribution in [0.2, 0.25) is 0 Å². The number of rotatable bonds is 4. The fourth-order valence-corrected chi connectivity index (χ4v) is 2.69. The van der Waals surface area contributed by atoms with E-state index in [1.807, 2.05) is 6.92 Å². The van der Waals surface area contributed by atoms with Crippen LogP contribution < -0.4 is 10.5 Å². The second kappa shape index (κ2) is 4.93. The molecule has 0 bridgehead atoms. The highest BCUT2D eigenvalue weighted by atomic mass is 32.2. The van der Waals surface area contributed by atoms with Crippen LogP contribution in [0.3, 0.4) is 0 Å². The van der Waals surface area contributed by atoms with E-state index in [-0.39, 0.29) is 5.03 Å². The number of aromatic amines is 1. The van der Waals surface area contributed by atoms with Crippen LogP contribution >= 0.6 is 0 Å². The molecule has 0 radical (unpaired) electrons. The molecule has 0 unspecified atom stereocenters. The largest absolute Gasteiger partial charge is 0.398 e. The van der Waals surface area contributed by atoms with E-state index in [1.54, 1.807) is 25.1 Å². The smallest absolute Gasteiger partial charge is 0.278 e. The first-order valence-electron chi connectivity index (χ1n) is 5.86. The molecule has 2 aromatic rings. The van der Waals surface area contributed by atoms with Crippen LogP contribution in [-0.4, -0.2) is 18.4 Å². The van der Waals surface area contributed by atoms with E-state index in [9.17, 15) is 8.42 Å².